The number of nitrogens with one attached hydrogen (secondary N) is 1. The summed E-state index contributed by atoms with van der Waals surface area (Å²) in [6.07, 6.45) is 0.729. The van der Waals surface area contributed by atoms with Crippen molar-refractivity contribution < 1.29 is 9.47 Å². The Morgan fingerprint density at radius 3 is 3.00 bits per heavy atom. The Hall–Kier alpha value is -0.120. The van der Waals surface area contributed by atoms with Gasteiger partial charge in [0, 0.05) is 13.1 Å². The average molecular weight is 129 g/mol. The van der Waals surface area contributed by atoms with Crippen LogP contribution in [0.25, 0.3) is 0 Å². The largest absolute Gasteiger partial charge is 0.372 e. The standard InChI is InChI=1S/C6H11NO2/c1-2-8-6-4-9-5(6)3-7-1/h5-7H,1-4H2. The predicted octanol–water partition coefficient (Wildman–Crippen LogP) is -0.626. The first-order valence-electron chi connectivity index (χ1n) is 3.41. The van der Waals surface area contributed by atoms with E-state index in [1.807, 2.05) is 0 Å². The zero-order valence-corrected chi connectivity index (χ0v) is 5.30. The summed E-state index contributed by atoms with van der Waals surface area (Å²) < 4.78 is 10.6. The van der Waals surface area contributed by atoms with Gasteiger partial charge in [-0.15, -0.1) is 0 Å². The van der Waals surface area contributed by atoms with Crippen LogP contribution in [0, 0.1) is 0 Å². The molecular formula is C6H11NO2. The Morgan fingerprint density at radius 1 is 1.22 bits per heavy atom. The van der Waals surface area contributed by atoms with E-state index < -0.39 is 0 Å². The first-order valence-corrected chi connectivity index (χ1v) is 3.41. The summed E-state index contributed by atoms with van der Waals surface area (Å²) in [6, 6.07) is 0. The van der Waals surface area contributed by atoms with Crippen molar-refractivity contribution in [1.29, 1.82) is 0 Å². The van der Waals surface area contributed by atoms with Gasteiger partial charge in [-0.3, -0.25) is 0 Å². The van der Waals surface area contributed by atoms with Gasteiger partial charge in [0.1, 0.15) is 6.10 Å². The molecule has 0 aromatic rings. The van der Waals surface area contributed by atoms with E-state index in [0.717, 1.165) is 26.3 Å². The van der Waals surface area contributed by atoms with Crippen LogP contribution in [0.15, 0.2) is 0 Å². The second-order valence-electron chi connectivity index (χ2n) is 2.49. The molecule has 2 rings (SSSR count). The maximum absolute atomic E-state index is 5.41. The highest BCUT2D eigenvalue weighted by molar-refractivity contribution is 4.83. The second kappa shape index (κ2) is 2.25. The van der Waals surface area contributed by atoms with Gasteiger partial charge in [0.2, 0.25) is 0 Å². The van der Waals surface area contributed by atoms with Crippen LogP contribution in [-0.2, 0) is 9.47 Å². The van der Waals surface area contributed by atoms with Crippen molar-refractivity contribution in [2.24, 2.45) is 0 Å². The molecule has 0 spiro atoms. The Morgan fingerprint density at radius 2 is 2.22 bits per heavy atom. The Labute approximate surface area is 54.3 Å². The minimum Gasteiger partial charge on any atom is -0.372 e. The first-order chi connectivity index (χ1) is 4.47. The smallest absolute Gasteiger partial charge is 0.108 e. The molecule has 2 saturated heterocycles. The van der Waals surface area contributed by atoms with Crippen molar-refractivity contribution in [1.82, 2.24) is 5.32 Å². The molecule has 52 valence electrons. The van der Waals surface area contributed by atoms with Crippen LogP contribution in [0.2, 0.25) is 0 Å². The molecule has 0 radical (unpaired) electrons. The van der Waals surface area contributed by atoms with Gasteiger partial charge in [-0.25, -0.2) is 0 Å². The summed E-state index contributed by atoms with van der Waals surface area (Å²) in [5, 5.41) is 3.23. The van der Waals surface area contributed by atoms with Gasteiger partial charge in [0.25, 0.3) is 0 Å². The van der Waals surface area contributed by atoms with Crippen LogP contribution < -0.4 is 5.32 Å². The molecule has 1 N–H and O–H groups in total. The lowest BCUT2D eigenvalue weighted by Crippen LogP contribution is -2.49. The van der Waals surface area contributed by atoms with E-state index in [0.29, 0.717) is 12.2 Å². The predicted molar refractivity (Wildman–Crippen MR) is 32.3 cm³/mol. The van der Waals surface area contributed by atoms with E-state index >= 15 is 0 Å². The molecule has 2 aliphatic heterocycles. The van der Waals surface area contributed by atoms with E-state index in [1.54, 1.807) is 0 Å². The maximum Gasteiger partial charge on any atom is 0.108 e. The number of hydrogen-bond acceptors (Lipinski definition) is 3. The van der Waals surface area contributed by atoms with Crippen molar-refractivity contribution in [3.05, 3.63) is 0 Å². The van der Waals surface area contributed by atoms with E-state index in [4.69, 9.17) is 9.47 Å². The molecule has 0 saturated carbocycles. The SMILES string of the molecule is C1COC2COC2CN1. The van der Waals surface area contributed by atoms with E-state index in [9.17, 15) is 0 Å². The van der Waals surface area contributed by atoms with Gasteiger partial charge < -0.3 is 14.8 Å². The molecule has 2 fully saturated rings. The van der Waals surface area contributed by atoms with Crippen LogP contribution in [0.5, 0.6) is 0 Å². The van der Waals surface area contributed by atoms with Crippen LogP contribution in [-0.4, -0.2) is 38.5 Å². The van der Waals surface area contributed by atoms with E-state index in [2.05, 4.69) is 5.32 Å². The van der Waals surface area contributed by atoms with Gasteiger partial charge in [0.05, 0.1) is 19.3 Å². The topological polar surface area (TPSA) is 30.5 Å². The molecule has 2 atom stereocenters. The molecule has 2 aliphatic rings. The number of hydrogen-bond donors (Lipinski definition) is 1. The fourth-order valence-electron chi connectivity index (χ4n) is 1.18. The Balaban J connectivity index is 1.90. The quantitative estimate of drug-likeness (QED) is 0.472. The summed E-state index contributed by atoms with van der Waals surface area (Å²) in [5.41, 5.74) is 0. The van der Waals surface area contributed by atoms with Crippen molar-refractivity contribution in [3.63, 3.8) is 0 Å². The fraction of sp³-hybridized carbons (Fsp3) is 1.00. The van der Waals surface area contributed by atoms with E-state index in [-0.39, 0.29) is 0 Å². The third-order valence-corrected chi connectivity index (χ3v) is 1.85. The summed E-state index contributed by atoms with van der Waals surface area (Å²) in [4.78, 5) is 0. The van der Waals surface area contributed by atoms with Crippen molar-refractivity contribution in [3.8, 4) is 0 Å². The third kappa shape index (κ3) is 0.956. The van der Waals surface area contributed by atoms with Gasteiger partial charge in [-0.2, -0.15) is 0 Å². The van der Waals surface area contributed by atoms with Crippen molar-refractivity contribution in [2.75, 3.05) is 26.3 Å². The minimum absolute atomic E-state index is 0.340. The van der Waals surface area contributed by atoms with Crippen LogP contribution >= 0.6 is 0 Å². The highest BCUT2D eigenvalue weighted by Crippen LogP contribution is 2.16. The zero-order valence-electron chi connectivity index (χ0n) is 5.30. The minimum atomic E-state index is 0.340. The summed E-state index contributed by atoms with van der Waals surface area (Å²) in [5.74, 6) is 0. The number of rotatable bonds is 0. The summed E-state index contributed by atoms with van der Waals surface area (Å²) >= 11 is 0. The molecule has 0 aromatic heterocycles. The molecule has 3 heteroatoms. The Kier molecular flexibility index (Phi) is 1.41. The third-order valence-electron chi connectivity index (χ3n) is 1.85. The molecule has 2 heterocycles. The summed E-state index contributed by atoms with van der Waals surface area (Å²) in [6.45, 7) is 3.57. The normalized spacial score (nSPS) is 42.7. The van der Waals surface area contributed by atoms with Gasteiger partial charge >= 0.3 is 0 Å². The van der Waals surface area contributed by atoms with Gasteiger partial charge in [-0.05, 0) is 0 Å². The molecule has 0 aliphatic carbocycles. The molecule has 2 unspecified atom stereocenters. The second-order valence-corrected chi connectivity index (χ2v) is 2.49. The molecule has 0 amide bonds. The van der Waals surface area contributed by atoms with Crippen LogP contribution in [0.1, 0.15) is 0 Å². The molecular weight excluding hydrogens is 118 g/mol. The Bertz CT molecular complexity index is 95.2. The number of ether oxygens (including phenoxy) is 2. The average Bonchev–Trinajstić information content (AvgIpc) is 1.94. The van der Waals surface area contributed by atoms with E-state index in [1.165, 1.54) is 0 Å². The molecule has 0 bridgehead atoms. The molecule has 3 nitrogen and oxygen atoms in total. The monoisotopic (exact) mass is 129 g/mol. The first kappa shape index (κ1) is 5.65. The number of fused-ring (bicyclic) bond motifs is 1. The summed E-state index contributed by atoms with van der Waals surface area (Å²) in [7, 11) is 0. The lowest BCUT2D eigenvalue weighted by molar-refractivity contribution is -0.174. The molecule has 9 heavy (non-hydrogen) atoms. The van der Waals surface area contributed by atoms with Crippen molar-refractivity contribution in [2.45, 2.75) is 12.2 Å². The van der Waals surface area contributed by atoms with Crippen LogP contribution in [0.3, 0.4) is 0 Å². The van der Waals surface area contributed by atoms with Gasteiger partial charge in [0.15, 0.2) is 0 Å². The zero-order chi connectivity index (χ0) is 6.10. The van der Waals surface area contributed by atoms with Crippen LogP contribution in [0.4, 0.5) is 0 Å². The highest BCUT2D eigenvalue weighted by Gasteiger charge is 2.33. The van der Waals surface area contributed by atoms with Gasteiger partial charge in [-0.1, -0.05) is 0 Å². The molecule has 0 aromatic carbocycles. The lowest BCUT2D eigenvalue weighted by atomic mass is 10.1. The lowest BCUT2D eigenvalue weighted by Gasteiger charge is -2.34. The maximum atomic E-state index is 5.41. The highest BCUT2D eigenvalue weighted by atomic mass is 16.6. The van der Waals surface area contributed by atoms with Crippen molar-refractivity contribution >= 4 is 0 Å². The fourth-order valence-corrected chi connectivity index (χ4v) is 1.18.